The molecule has 1 aliphatic rings. The van der Waals surface area contributed by atoms with E-state index in [1.807, 2.05) is 24.3 Å². The summed E-state index contributed by atoms with van der Waals surface area (Å²) in [7, 11) is 1.55. The third-order valence-electron chi connectivity index (χ3n) is 7.04. The van der Waals surface area contributed by atoms with Crippen LogP contribution in [0.3, 0.4) is 0 Å². The van der Waals surface area contributed by atoms with E-state index in [0.29, 0.717) is 29.4 Å². The van der Waals surface area contributed by atoms with Crippen LogP contribution in [0.1, 0.15) is 43.7 Å². The summed E-state index contributed by atoms with van der Waals surface area (Å²) in [5, 5.41) is 31.4. The molecule has 0 saturated heterocycles. The maximum atomic E-state index is 12.8. The van der Waals surface area contributed by atoms with Crippen LogP contribution in [0, 0.1) is 16.7 Å². The first-order valence-electron chi connectivity index (χ1n) is 13.0. The van der Waals surface area contributed by atoms with Gasteiger partial charge < -0.3 is 36.9 Å². The molecule has 204 valence electrons. The maximum absolute atomic E-state index is 12.8. The number of phenols is 1. The van der Waals surface area contributed by atoms with Crippen LogP contribution in [0.25, 0.3) is 11.1 Å². The second-order valence-electron chi connectivity index (χ2n) is 9.52. The number of hydrogen-bond acceptors (Lipinski definition) is 8. The number of aromatic hydroxyl groups is 1. The van der Waals surface area contributed by atoms with E-state index in [1.165, 1.54) is 11.0 Å². The van der Waals surface area contributed by atoms with Gasteiger partial charge in [-0.1, -0.05) is 25.0 Å². The molecule has 1 heterocycles. The van der Waals surface area contributed by atoms with E-state index >= 15 is 0 Å². The van der Waals surface area contributed by atoms with Gasteiger partial charge in [0.2, 0.25) is 5.88 Å². The second-order valence-corrected chi connectivity index (χ2v) is 9.52. The first kappa shape index (κ1) is 27.6. The van der Waals surface area contributed by atoms with Gasteiger partial charge in [0.05, 0.1) is 12.7 Å². The monoisotopic (exact) mass is 529 g/mol. The number of methoxy groups -OCH3 is 1. The summed E-state index contributed by atoms with van der Waals surface area (Å²) in [5.41, 5.74) is 15.9. The molecule has 2 aromatic carbocycles. The van der Waals surface area contributed by atoms with Crippen LogP contribution >= 0.6 is 0 Å². The van der Waals surface area contributed by atoms with Gasteiger partial charge in [0, 0.05) is 52.9 Å². The lowest BCUT2D eigenvalue weighted by Crippen LogP contribution is -2.55. The summed E-state index contributed by atoms with van der Waals surface area (Å²) >= 11 is 0. The summed E-state index contributed by atoms with van der Waals surface area (Å²) < 4.78 is 5.38. The van der Waals surface area contributed by atoms with Gasteiger partial charge in [-0.25, -0.2) is 4.98 Å². The number of nitrogens with zero attached hydrogens (tertiary/aromatic N) is 2. The molecule has 4 rings (SSSR count). The molecular formula is C29H35N7O3. The number of ether oxygens (including phenoxy) is 1. The average molecular weight is 530 g/mol. The van der Waals surface area contributed by atoms with Crippen LogP contribution in [-0.4, -0.2) is 47.4 Å². The Morgan fingerprint density at radius 3 is 2.51 bits per heavy atom. The Balaban J connectivity index is 1.75. The summed E-state index contributed by atoms with van der Waals surface area (Å²) in [4.78, 5) is 18.4. The number of nitrogens with two attached hydrogens (primary N) is 2. The van der Waals surface area contributed by atoms with Crippen molar-refractivity contribution in [3.8, 4) is 22.8 Å². The van der Waals surface area contributed by atoms with Crippen molar-refractivity contribution in [3.63, 3.8) is 0 Å². The number of phenolic OH excluding ortho intramolecular Hbond substituents is 1. The number of aromatic nitrogens is 1. The third kappa shape index (κ3) is 5.70. The molecule has 1 atom stereocenters. The Morgan fingerprint density at radius 1 is 1.18 bits per heavy atom. The Labute approximate surface area is 228 Å². The number of nitrogens with one attached hydrogen (secondary N) is 3. The zero-order valence-electron chi connectivity index (χ0n) is 22.2. The van der Waals surface area contributed by atoms with E-state index in [4.69, 9.17) is 27.0 Å². The predicted octanol–water partition coefficient (Wildman–Crippen LogP) is 3.86. The zero-order chi connectivity index (χ0) is 28.1. The van der Waals surface area contributed by atoms with E-state index in [2.05, 4.69) is 10.3 Å². The zero-order valence-corrected chi connectivity index (χ0v) is 22.2. The van der Waals surface area contributed by atoms with Crippen molar-refractivity contribution in [3.05, 3.63) is 65.9 Å². The number of hydrogen-bond donors (Lipinski definition) is 6. The minimum absolute atomic E-state index is 0.0876. The number of carbonyl (C=O) groups is 1. The molecular weight excluding hydrogens is 494 g/mol. The molecule has 3 aromatic rings. The Bertz CT molecular complexity index is 1370. The fraction of sp³-hybridized carbons (Fsp3) is 0.310. The van der Waals surface area contributed by atoms with Crippen molar-refractivity contribution in [1.29, 1.82) is 10.8 Å². The lowest BCUT2D eigenvalue weighted by Gasteiger charge is -2.31. The number of rotatable bonds is 9. The number of anilines is 2. The summed E-state index contributed by atoms with van der Waals surface area (Å²) in [6, 6.07) is 13.7. The number of benzene rings is 2. The minimum Gasteiger partial charge on any atom is -0.507 e. The van der Waals surface area contributed by atoms with Crippen molar-refractivity contribution >= 4 is 28.8 Å². The molecule has 1 saturated carbocycles. The summed E-state index contributed by atoms with van der Waals surface area (Å²) in [6.45, 7) is 2.15. The van der Waals surface area contributed by atoms with E-state index < -0.39 is 12.1 Å². The number of pyridine rings is 1. The van der Waals surface area contributed by atoms with Gasteiger partial charge >= 0.3 is 0 Å². The normalized spacial score (nSPS) is 14.0. The van der Waals surface area contributed by atoms with Crippen LogP contribution in [0.15, 0.2) is 54.7 Å². The highest BCUT2D eigenvalue weighted by Gasteiger charge is 2.30. The molecule has 0 spiro atoms. The quantitative estimate of drug-likeness (QED) is 0.106. The molecule has 1 aliphatic carbocycles. The van der Waals surface area contributed by atoms with E-state index in [1.54, 1.807) is 38.4 Å². The summed E-state index contributed by atoms with van der Waals surface area (Å²) in [5.74, 6) is -0.347. The van der Waals surface area contributed by atoms with Gasteiger partial charge in [-0.15, -0.1) is 0 Å². The first-order chi connectivity index (χ1) is 18.8. The molecule has 0 radical (unpaired) electrons. The van der Waals surface area contributed by atoms with Gasteiger partial charge in [-0.2, -0.15) is 0 Å². The molecule has 8 N–H and O–H groups in total. The minimum atomic E-state index is -1.26. The molecule has 0 aliphatic heterocycles. The largest absolute Gasteiger partial charge is 0.507 e. The second kappa shape index (κ2) is 12.0. The van der Waals surface area contributed by atoms with Gasteiger partial charge in [-0.05, 0) is 55.7 Å². The highest BCUT2D eigenvalue weighted by atomic mass is 16.5. The van der Waals surface area contributed by atoms with Crippen LogP contribution in [0.5, 0.6) is 11.6 Å². The van der Waals surface area contributed by atoms with Crippen molar-refractivity contribution in [2.45, 2.75) is 38.8 Å². The lowest BCUT2D eigenvalue weighted by molar-refractivity contribution is -0.122. The Hall–Kier alpha value is -4.44. The topological polar surface area (TPSA) is 174 Å². The molecule has 1 unspecified atom stereocenters. The van der Waals surface area contributed by atoms with Crippen LogP contribution < -0.4 is 26.4 Å². The smallest absolute Gasteiger partial charge is 0.257 e. The molecule has 0 bridgehead atoms. The highest BCUT2D eigenvalue weighted by Crippen LogP contribution is 2.34. The van der Waals surface area contributed by atoms with Gasteiger partial charge in [-0.3, -0.25) is 10.2 Å². The van der Waals surface area contributed by atoms with Crippen molar-refractivity contribution < 1.29 is 14.6 Å². The van der Waals surface area contributed by atoms with Crippen LogP contribution in [0.4, 0.5) is 11.4 Å². The molecule has 1 amide bonds. The molecule has 10 nitrogen and oxygen atoms in total. The standard InChI is InChI=1S/C29H35N7O3/c1-3-34-28(38)27(33)36(19-12-10-17(11-13-19)20-9-6-14-35-29(20)39-2)26(32)22-15-21(23(30)16-24(22)37)25(31)18-7-4-5-8-18/h6,9-16,18,27,31-32,37H,3-5,7-8,30,33H2,1-2H3,(H,34,38). The number of carbonyl (C=O) groups excluding carboxylic acids is 1. The highest BCUT2D eigenvalue weighted by molar-refractivity contribution is 6.15. The van der Waals surface area contributed by atoms with Crippen molar-refractivity contribution in [1.82, 2.24) is 10.3 Å². The molecule has 1 fully saturated rings. The van der Waals surface area contributed by atoms with Crippen LogP contribution in [0.2, 0.25) is 0 Å². The summed E-state index contributed by atoms with van der Waals surface area (Å²) in [6.07, 6.45) is 4.33. The molecule has 10 heteroatoms. The fourth-order valence-corrected chi connectivity index (χ4v) is 4.99. The predicted molar refractivity (Wildman–Crippen MR) is 153 cm³/mol. The Morgan fingerprint density at radius 2 is 1.87 bits per heavy atom. The first-order valence-corrected chi connectivity index (χ1v) is 13.0. The lowest BCUT2D eigenvalue weighted by atomic mass is 9.92. The number of amidine groups is 1. The van der Waals surface area contributed by atoms with E-state index in [0.717, 1.165) is 36.8 Å². The SMILES string of the molecule is CCNC(=O)C(N)N(C(=N)c1cc(C(=N)C2CCCC2)c(N)cc1O)c1ccc(-c2cccnc2OC)cc1. The van der Waals surface area contributed by atoms with E-state index in [9.17, 15) is 9.90 Å². The van der Waals surface area contributed by atoms with Crippen LogP contribution in [-0.2, 0) is 4.79 Å². The Kier molecular flexibility index (Phi) is 8.46. The van der Waals surface area contributed by atoms with Gasteiger partial charge in [0.15, 0.2) is 6.17 Å². The van der Waals surface area contributed by atoms with Crippen molar-refractivity contribution in [2.75, 3.05) is 24.3 Å². The number of nitrogen functional groups attached to an aromatic ring is 1. The molecule has 39 heavy (non-hydrogen) atoms. The van der Waals surface area contributed by atoms with E-state index in [-0.39, 0.29) is 28.8 Å². The average Bonchev–Trinajstić information content (AvgIpc) is 3.48. The van der Waals surface area contributed by atoms with Crippen molar-refractivity contribution in [2.24, 2.45) is 11.7 Å². The fourth-order valence-electron chi connectivity index (χ4n) is 4.99. The third-order valence-corrected chi connectivity index (χ3v) is 7.04. The molecule has 1 aromatic heterocycles. The maximum Gasteiger partial charge on any atom is 0.257 e. The number of likely N-dealkylation sites (N-methyl/N-ethyl adjacent to an activating group) is 1. The van der Waals surface area contributed by atoms with Gasteiger partial charge in [0.1, 0.15) is 11.6 Å². The van der Waals surface area contributed by atoms with Gasteiger partial charge in [0.25, 0.3) is 5.91 Å². The number of amides is 1.